The Morgan fingerprint density at radius 3 is 2.32 bits per heavy atom. The fourth-order valence-corrected chi connectivity index (χ4v) is 3.04. The summed E-state index contributed by atoms with van der Waals surface area (Å²) in [6.07, 6.45) is 1.12. The van der Waals surface area contributed by atoms with Gasteiger partial charge in [0, 0.05) is 37.8 Å². The van der Waals surface area contributed by atoms with Gasteiger partial charge in [0.2, 0.25) is 0 Å². The number of rotatable bonds is 5. The molecule has 22 heavy (non-hydrogen) atoms. The first-order valence-corrected chi connectivity index (χ1v) is 7.80. The van der Waals surface area contributed by atoms with E-state index in [-0.39, 0.29) is 24.8 Å². The minimum absolute atomic E-state index is 0. The normalized spacial score (nSPS) is 16.6. The van der Waals surface area contributed by atoms with Crippen molar-refractivity contribution < 1.29 is 4.74 Å². The molecule has 1 heterocycles. The van der Waals surface area contributed by atoms with Gasteiger partial charge in [-0.1, -0.05) is 32.9 Å². The highest BCUT2D eigenvalue weighted by atomic mass is 35.5. The zero-order valence-corrected chi connectivity index (χ0v) is 15.7. The van der Waals surface area contributed by atoms with Crippen LogP contribution in [-0.4, -0.2) is 38.2 Å². The van der Waals surface area contributed by atoms with E-state index in [0.717, 1.165) is 38.3 Å². The van der Waals surface area contributed by atoms with Gasteiger partial charge in [0.1, 0.15) is 5.75 Å². The van der Waals surface area contributed by atoms with Crippen LogP contribution in [0.25, 0.3) is 0 Å². The van der Waals surface area contributed by atoms with E-state index >= 15 is 0 Å². The summed E-state index contributed by atoms with van der Waals surface area (Å²) in [6.45, 7) is 11.2. The molecule has 0 amide bonds. The van der Waals surface area contributed by atoms with Gasteiger partial charge < -0.3 is 10.1 Å². The number of benzene rings is 1. The van der Waals surface area contributed by atoms with Crippen LogP contribution in [0.3, 0.4) is 0 Å². The highest BCUT2D eigenvalue weighted by Gasteiger charge is 2.23. The van der Waals surface area contributed by atoms with Crippen molar-refractivity contribution in [2.75, 3.05) is 33.3 Å². The van der Waals surface area contributed by atoms with Crippen molar-refractivity contribution in [2.24, 2.45) is 0 Å². The molecule has 0 radical (unpaired) electrons. The third kappa shape index (κ3) is 5.02. The average molecular weight is 349 g/mol. The fraction of sp³-hybridized carbons (Fsp3) is 0.647. The predicted octanol–water partition coefficient (Wildman–Crippen LogP) is 4.02. The number of hydrogen-bond donors (Lipinski definition) is 1. The van der Waals surface area contributed by atoms with Crippen LogP contribution in [0.4, 0.5) is 0 Å². The predicted molar refractivity (Wildman–Crippen MR) is 99.1 cm³/mol. The summed E-state index contributed by atoms with van der Waals surface area (Å²) in [7, 11) is 1.78. The molecule has 2 rings (SSSR count). The fourth-order valence-electron chi connectivity index (χ4n) is 3.04. The average Bonchev–Trinajstić information content (AvgIpc) is 2.49. The van der Waals surface area contributed by atoms with Crippen molar-refractivity contribution in [2.45, 2.75) is 39.2 Å². The molecule has 1 atom stereocenters. The van der Waals surface area contributed by atoms with Gasteiger partial charge in [0.25, 0.3) is 0 Å². The Morgan fingerprint density at radius 2 is 1.82 bits per heavy atom. The summed E-state index contributed by atoms with van der Waals surface area (Å²) in [5, 5.41) is 3.43. The monoisotopic (exact) mass is 348 g/mol. The number of nitrogens with one attached hydrogen (secondary N) is 1. The first-order valence-electron chi connectivity index (χ1n) is 7.80. The largest absolute Gasteiger partial charge is 0.496 e. The topological polar surface area (TPSA) is 24.5 Å². The minimum atomic E-state index is 0. The van der Waals surface area contributed by atoms with E-state index in [0.29, 0.717) is 12.0 Å². The Bertz CT molecular complexity index is 435. The summed E-state index contributed by atoms with van der Waals surface area (Å²) in [5.41, 5.74) is 2.75. The second-order valence-electron chi connectivity index (χ2n) is 5.87. The van der Waals surface area contributed by atoms with Gasteiger partial charge in [0.05, 0.1) is 7.11 Å². The van der Waals surface area contributed by atoms with Crippen molar-refractivity contribution in [1.29, 1.82) is 0 Å². The number of piperazine rings is 1. The number of ether oxygens (including phenoxy) is 1. The van der Waals surface area contributed by atoms with Crippen LogP contribution in [0.2, 0.25) is 0 Å². The highest BCUT2D eigenvalue weighted by molar-refractivity contribution is 5.85. The molecule has 0 unspecified atom stereocenters. The maximum absolute atomic E-state index is 5.61. The lowest BCUT2D eigenvalue weighted by Crippen LogP contribution is -2.45. The maximum atomic E-state index is 5.61. The van der Waals surface area contributed by atoms with Gasteiger partial charge in [-0.15, -0.1) is 24.8 Å². The van der Waals surface area contributed by atoms with Crippen molar-refractivity contribution in [3.63, 3.8) is 0 Å². The van der Waals surface area contributed by atoms with E-state index in [2.05, 4.69) is 49.2 Å². The smallest absolute Gasteiger partial charge is 0.123 e. The maximum Gasteiger partial charge on any atom is 0.123 e. The van der Waals surface area contributed by atoms with E-state index in [9.17, 15) is 0 Å². The van der Waals surface area contributed by atoms with Crippen LogP contribution in [0.15, 0.2) is 18.2 Å². The van der Waals surface area contributed by atoms with E-state index in [1.807, 2.05) is 0 Å². The van der Waals surface area contributed by atoms with E-state index in [4.69, 9.17) is 4.74 Å². The molecule has 0 aromatic heterocycles. The van der Waals surface area contributed by atoms with Gasteiger partial charge in [-0.3, -0.25) is 4.90 Å². The Balaban J connectivity index is 0.00000220. The second kappa shape index (κ2) is 10.3. The summed E-state index contributed by atoms with van der Waals surface area (Å²) in [6, 6.07) is 7.14. The molecule has 3 nitrogen and oxygen atoms in total. The summed E-state index contributed by atoms with van der Waals surface area (Å²) >= 11 is 0. The summed E-state index contributed by atoms with van der Waals surface area (Å²) in [5.74, 6) is 1.58. The van der Waals surface area contributed by atoms with Gasteiger partial charge in [-0.25, -0.2) is 0 Å². The van der Waals surface area contributed by atoms with Crippen molar-refractivity contribution in [3.8, 4) is 5.75 Å². The molecule has 1 aromatic rings. The standard InChI is InChI=1S/C17H28N2O.2ClH/c1-5-16(19-10-8-18-9-11-19)15-12-14(13(2)3)6-7-17(15)20-4;;/h6-7,12-13,16,18H,5,8-11H2,1-4H3;2*1H/t16-;;/m0../s1. The lowest BCUT2D eigenvalue weighted by Gasteiger charge is -2.35. The van der Waals surface area contributed by atoms with Crippen LogP contribution in [0.1, 0.15) is 50.3 Å². The zero-order chi connectivity index (χ0) is 14.5. The molecule has 0 saturated carbocycles. The van der Waals surface area contributed by atoms with Gasteiger partial charge >= 0.3 is 0 Å². The molecule has 1 N–H and O–H groups in total. The van der Waals surface area contributed by atoms with Crippen molar-refractivity contribution in [3.05, 3.63) is 29.3 Å². The second-order valence-corrected chi connectivity index (χ2v) is 5.87. The van der Waals surface area contributed by atoms with Crippen LogP contribution in [0, 0.1) is 0 Å². The van der Waals surface area contributed by atoms with Crippen LogP contribution in [-0.2, 0) is 0 Å². The molecule has 128 valence electrons. The van der Waals surface area contributed by atoms with Gasteiger partial charge in [0.15, 0.2) is 0 Å². The molecular formula is C17H30Cl2N2O. The molecule has 1 aliphatic rings. The highest BCUT2D eigenvalue weighted by Crippen LogP contribution is 2.34. The van der Waals surface area contributed by atoms with Crippen molar-refractivity contribution >= 4 is 24.8 Å². The van der Waals surface area contributed by atoms with Crippen LogP contribution < -0.4 is 10.1 Å². The quantitative estimate of drug-likeness (QED) is 0.869. The molecule has 0 spiro atoms. The molecular weight excluding hydrogens is 319 g/mol. The molecule has 0 aliphatic carbocycles. The molecule has 0 bridgehead atoms. The molecule has 1 saturated heterocycles. The SMILES string of the molecule is CC[C@@H](c1cc(C(C)C)ccc1OC)N1CCNCC1.Cl.Cl. The van der Waals surface area contributed by atoms with Crippen LogP contribution >= 0.6 is 24.8 Å². The van der Waals surface area contributed by atoms with E-state index in [1.165, 1.54) is 11.1 Å². The summed E-state index contributed by atoms with van der Waals surface area (Å²) in [4.78, 5) is 2.58. The first-order chi connectivity index (χ1) is 9.67. The Kier molecular flexibility index (Phi) is 10.1. The molecule has 1 aromatic carbocycles. The molecule has 1 aliphatic heterocycles. The number of nitrogens with zero attached hydrogens (tertiary/aromatic N) is 1. The van der Waals surface area contributed by atoms with Crippen LogP contribution in [0.5, 0.6) is 5.75 Å². The molecule has 5 heteroatoms. The number of methoxy groups -OCH3 is 1. The summed E-state index contributed by atoms with van der Waals surface area (Å²) < 4.78 is 5.61. The van der Waals surface area contributed by atoms with Crippen molar-refractivity contribution in [1.82, 2.24) is 10.2 Å². The molecule has 1 fully saturated rings. The lowest BCUT2D eigenvalue weighted by molar-refractivity contribution is 0.166. The number of hydrogen-bond acceptors (Lipinski definition) is 3. The third-order valence-electron chi connectivity index (χ3n) is 4.26. The number of halogens is 2. The third-order valence-corrected chi connectivity index (χ3v) is 4.26. The van der Waals surface area contributed by atoms with Gasteiger partial charge in [-0.05, 0) is 24.0 Å². The minimum Gasteiger partial charge on any atom is -0.496 e. The van der Waals surface area contributed by atoms with Gasteiger partial charge in [-0.2, -0.15) is 0 Å². The lowest BCUT2D eigenvalue weighted by atomic mass is 9.94. The van der Waals surface area contributed by atoms with E-state index in [1.54, 1.807) is 7.11 Å². The first kappa shape index (κ1) is 21.5. The van der Waals surface area contributed by atoms with E-state index < -0.39 is 0 Å². The Hall–Kier alpha value is -0.480. The Labute approximate surface area is 147 Å². The Morgan fingerprint density at radius 1 is 1.18 bits per heavy atom. The zero-order valence-electron chi connectivity index (χ0n) is 14.1.